The van der Waals surface area contributed by atoms with E-state index in [-0.39, 0.29) is 16.5 Å². The van der Waals surface area contributed by atoms with E-state index in [1.165, 1.54) is 18.2 Å². The largest absolute Gasteiger partial charge is 0.321 e. The Hall–Kier alpha value is -1.06. The van der Waals surface area contributed by atoms with Crippen molar-refractivity contribution in [2.45, 2.75) is 46.6 Å². The van der Waals surface area contributed by atoms with Crippen molar-refractivity contribution in [3.05, 3.63) is 29.8 Å². The van der Waals surface area contributed by atoms with Crippen LogP contribution in [-0.2, 0) is 14.8 Å². The molecule has 1 aromatic rings. The summed E-state index contributed by atoms with van der Waals surface area (Å²) in [5, 5.41) is 4.33. The van der Waals surface area contributed by atoms with Crippen LogP contribution in [0.5, 0.6) is 0 Å². The summed E-state index contributed by atoms with van der Waals surface area (Å²) in [6, 6.07) is 6.03. The first-order valence-electron chi connectivity index (χ1n) is 8.48. The van der Waals surface area contributed by atoms with Crippen molar-refractivity contribution in [1.82, 2.24) is 9.62 Å². The van der Waals surface area contributed by atoms with Crippen LogP contribution >= 0.6 is 34.8 Å². The molecule has 7 nitrogen and oxygen atoms in total. The molecular formula is C16H19Cl3N3O4S+. The number of hydrogen-bond donors (Lipinski definition) is 2. The highest BCUT2D eigenvalue weighted by Crippen LogP contribution is 2.30. The summed E-state index contributed by atoms with van der Waals surface area (Å²) in [6.07, 6.45) is 3.14. The Labute approximate surface area is 172 Å². The number of carbonyl (C=O) groups is 2. The van der Waals surface area contributed by atoms with Gasteiger partial charge in [-0.1, -0.05) is 46.9 Å². The smallest absolute Gasteiger partial charge is 0.269 e. The molecule has 1 aliphatic carbocycles. The molecule has 0 saturated heterocycles. The standard InChI is InChI=1S/C16H18Cl3N3O4S/c17-16(18,19)15(20-10-5-1-2-6-10)21-13(23)9-22-14(24)11-7-3-4-8-12(11)27(22,25)26/h3-4,7-8,10,15,20H,1-2,5-6,9H2,(H,21,23)/p+1. The lowest BCUT2D eigenvalue weighted by Crippen LogP contribution is -3.00. The molecule has 2 amide bonds. The zero-order chi connectivity index (χ0) is 19.8. The van der Waals surface area contributed by atoms with Crippen LogP contribution in [-0.4, -0.2) is 47.1 Å². The van der Waals surface area contributed by atoms with Gasteiger partial charge in [-0.2, -0.15) is 0 Å². The molecule has 2 aliphatic rings. The van der Waals surface area contributed by atoms with Gasteiger partial charge in [0.15, 0.2) is 0 Å². The normalized spacial score (nSPS) is 20.6. The van der Waals surface area contributed by atoms with E-state index in [0.29, 0.717) is 4.31 Å². The molecule has 3 N–H and O–H groups in total. The molecule has 1 aromatic carbocycles. The number of sulfonamides is 1. The number of benzene rings is 1. The molecule has 1 saturated carbocycles. The zero-order valence-electron chi connectivity index (χ0n) is 14.2. The predicted octanol–water partition coefficient (Wildman–Crippen LogP) is 1.15. The third-order valence-electron chi connectivity index (χ3n) is 4.73. The third-order valence-corrected chi connectivity index (χ3v) is 7.23. The Morgan fingerprint density at radius 2 is 1.89 bits per heavy atom. The second-order valence-corrected chi connectivity index (χ2v) is 10.8. The number of nitrogens with zero attached hydrogens (tertiary/aromatic N) is 1. The van der Waals surface area contributed by atoms with Gasteiger partial charge in [-0.25, -0.2) is 12.7 Å². The highest BCUT2D eigenvalue weighted by atomic mass is 35.6. The average molecular weight is 456 g/mol. The number of nitrogens with two attached hydrogens (primary N) is 1. The molecule has 1 unspecified atom stereocenters. The molecule has 27 heavy (non-hydrogen) atoms. The summed E-state index contributed by atoms with van der Waals surface area (Å²) in [4.78, 5) is 24.7. The van der Waals surface area contributed by atoms with Crippen LogP contribution in [0.3, 0.4) is 0 Å². The Kier molecular flexibility index (Phi) is 5.93. The molecule has 1 heterocycles. The number of amides is 2. The van der Waals surface area contributed by atoms with E-state index >= 15 is 0 Å². The van der Waals surface area contributed by atoms with E-state index in [4.69, 9.17) is 34.8 Å². The zero-order valence-corrected chi connectivity index (χ0v) is 17.3. The number of alkyl halides is 3. The average Bonchev–Trinajstić information content (AvgIpc) is 3.16. The maximum absolute atomic E-state index is 12.5. The van der Waals surface area contributed by atoms with Crippen LogP contribution in [0, 0.1) is 0 Å². The van der Waals surface area contributed by atoms with Crippen LogP contribution in [0.15, 0.2) is 29.2 Å². The van der Waals surface area contributed by atoms with Crippen molar-refractivity contribution in [3.63, 3.8) is 0 Å². The maximum atomic E-state index is 12.5. The van der Waals surface area contributed by atoms with Gasteiger partial charge >= 0.3 is 0 Å². The fraction of sp³-hybridized carbons (Fsp3) is 0.500. The van der Waals surface area contributed by atoms with Crippen molar-refractivity contribution in [2.24, 2.45) is 0 Å². The van der Waals surface area contributed by atoms with Crippen LogP contribution < -0.4 is 10.6 Å². The van der Waals surface area contributed by atoms with E-state index in [0.717, 1.165) is 25.7 Å². The lowest BCUT2D eigenvalue weighted by Gasteiger charge is -2.26. The molecule has 3 rings (SSSR count). The summed E-state index contributed by atoms with van der Waals surface area (Å²) in [5.74, 6) is -1.46. The van der Waals surface area contributed by atoms with Crippen molar-refractivity contribution in [2.75, 3.05) is 6.54 Å². The van der Waals surface area contributed by atoms with E-state index < -0.39 is 38.3 Å². The molecule has 0 radical (unpaired) electrons. The number of hydrogen-bond acceptors (Lipinski definition) is 4. The van der Waals surface area contributed by atoms with Crippen LogP contribution in [0.25, 0.3) is 0 Å². The number of nitrogens with one attached hydrogen (secondary N) is 1. The molecule has 148 valence electrons. The molecule has 1 fully saturated rings. The van der Waals surface area contributed by atoms with Crippen molar-refractivity contribution in [3.8, 4) is 0 Å². The minimum atomic E-state index is -4.07. The quantitative estimate of drug-likeness (QED) is 0.514. The third kappa shape index (κ3) is 4.35. The lowest BCUT2D eigenvalue weighted by molar-refractivity contribution is -0.722. The van der Waals surface area contributed by atoms with Crippen LogP contribution in [0.4, 0.5) is 0 Å². The lowest BCUT2D eigenvalue weighted by atomic mass is 10.2. The number of rotatable bonds is 5. The van der Waals surface area contributed by atoms with E-state index in [1.807, 2.05) is 0 Å². The van der Waals surface area contributed by atoms with Gasteiger partial charge in [-0.05, 0) is 37.8 Å². The maximum Gasteiger partial charge on any atom is 0.269 e. The SMILES string of the molecule is O=C(CN1C(=O)c2ccccc2S1(=O)=O)NC([NH2+]C1CCCC1)C(Cl)(Cl)Cl. The first-order chi connectivity index (χ1) is 12.6. The van der Waals surface area contributed by atoms with Gasteiger partial charge in [-0.3, -0.25) is 9.59 Å². The summed E-state index contributed by atoms with van der Waals surface area (Å²) in [6.45, 7) is -0.675. The highest BCUT2D eigenvalue weighted by molar-refractivity contribution is 7.90. The highest BCUT2D eigenvalue weighted by Gasteiger charge is 2.44. The Morgan fingerprint density at radius 3 is 2.48 bits per heavy atom. The van der Waals surface area contributed by atoms with Gasteiger partial charge in [-0.15, -0.1) is 0 Å². The molecule has 0 spiro atoms. The number of fused-ring (bicyclic) bond motifs is 1. The summed E-state index contributed by atoms with van der Waals surface area (Å²) < 4.78 is 23.8. The minimum absolute atomic E-state index is 0.0424. The topological polar surface area (TPSA) is 100 Å². The van der Waals surface area contributed by atoms with Gasteiger partial charge in [0.25, 0.3) is 19.7 Å². The molecule has 0 aromatic heterocycles. The van der Waals surface area contributed by atoms with Gasteiger partial charge in [0.1, 0.15) is 11.4 Å². The first-order valence-corrected chi connectivity index (χ1v) is 11.1. The molecular weight excluding hydrogens is 437 g/mol. The van der Waals surface area contributed by atoms with Crippen molar-refractivity contribution < 1.29 is 23.3 Å². The minimum Gasteiger partial charge on any atom is -0.321 e. The fourth-order valence-electron chi connectivity index (χ4n) is 3.40. The Bertz CT molecular complexity index is 851. The van der Waals surface area contributed by atoms with Gasteiger partial charge < -0.3 is 10.6 Å². The molecule has 0 bridgehead atoms. The number of quaternary nitrogens is 1. The Morgan fingerprint density at radius 1 is 1.26 bits per heavy atom. The van der Waals surface area contributed by atoms with E-state index in [9.17, 15) is 18.0 Å². The summed E-state index contributed by atoms with van der Waals surface area (Å²) >= 11 is 17.9. The molecule has 1 aliphatic heterocycles. The Balaban J connectivity index is 1.72. The van der Waals surface area contributed by atoms with Crippen LogP contribution in [0.1, 0.15) is 36.0 Å². The van der Waals surface area contributed by atoms with Gasteiger partial charge in [0, 0.05) is 0 Å². The fourth-order valence-corrected chi connectivity index (χ4v) is 5.30. The molecule has 1 atom stereocenters. The molecule has 11 heteroatoms. The van der Waals surface area contributed by atoms with Crippen molar-refractivity contribution >= 4 is 56.6 Å². The predicted molar refractivity (Wildman–Crippen MR) is 101 cm³/mol. The van der Waals surface area contributed by atoms with Crippen molar-refractivity contribution in [1.29, 1.82) is 0 Å². The monoisotopic (exact) mass is 454 g/mol. The van der Waals surface area contributed by atoms with Gasteiger partial charge in [0.2, 0.25) is 12.1 Å². The summed E-state index contributed by atoms with van der Waals surface area (Å²) in [5.41, 5.74) is 0.0424. The first kappa shape index (κ1) is 20.7. The van der Waals surface area contributed by atoms with Gasteiger partial charge in [0.05, 0.1) is 11.6 Å². The van der Waals surface area contributed by atoms with E-state index in [2.05, 4.69) is 5.32 Å². The van der Waals surface area contributed by atoms with E-state index in [1.54, 1.807) is 11.4 Å². The van der Waals surface area contributed by atoms with Crippen LogP contribution in [0.2, 0.25) is 0 Å². The number of halogens is 3. The number of carbonyl (C=O) groups excluding carboxylic acids is 2. The second-order valence-electron chi connectivity index (χ2n) is 6.64. The summed E-state index contributed by atoms with van der Waals surface area (Å²) in [7, 11) is -4.07. The second kappa shape index (κ2) is 7.75.